The molecule has 0 aliphatic heterocycles. The lowest BCUT2D eigenvalue weighted by Crippen LogP contribution is -2.33. The smallest absolute Gasteiger partial charge is 0.254 e. The summed E-state index contributed by atoms with van der Waals surface area (Å²) in [5.41, 5.74) is 0.384. The molecule has 29 heavy (non-hydrogen) atoms. The van der Waals surface area contributed by atoms with Crippen LogP contribution in [0.4, 0.5) is 0 Å². The molecule has 0 fully saturated rings. The highest BCUT2D eigenvalue weighted by Gasteiger charge is 2.24. The van der Waals surface area contributed by atoms with Gasteiger partial charge in [0.1, 0.15) is 11.5 Å². The van der Waals surface area contributed by atoms with Crippen LogP contribution in [0.1, 0.15) is 35.7 Å². The molecule has 1 amide bonds. The van der Waals surface area contributed by atoms with E-state index in [0.29, 0.717) is 17.1 Å². The minimum Gasteiger partial charge on any atom is -0.467 e. The Morgan fingerprint density at radius 2 is 1.45 bits per heavy atom. The number of sulfonamides is 1. The van der Waals surface area contributed by atoms with Gasteiger partial charge in [0.05, 0.1) is 30.5 Å². The van der Waals surface area contributed by atoms with Crippen LogP contribution in [0.5, 0.6) is 0 Å². The zero-order chi connectivity index (χ0) is 21.0. The van der Waals surface area contributed by atoms with Gasteiger partial charge >= 0.3 is 0 Å². The first-order valence-electron chi connectivity index (χ1n) is 9.21. The monoisotopic (exact) mass is 416 g/mol. The molecule has 8 heteroatoms. The van der Waals surface area contributed by atoms with Crippen LogP contribution >= 0.6 is 0 Å². The molecular formula is C21H24N2O5S. The highest BCUT2D eigenvalue weighted by atomic mass is 32.2. The van der Waals surface area contributed by atoms with Crippen molar-refractivity contribution in [3.05, 3.63) is 78.1 Å². The van der Waals surface area contributed by atoms with E-state index in [1.165, 1.54) is 35.6 Å². The largest absolute Gasteiger partial charge is 0.467 e. The third-order valence-corrected chi connectivity index (χ3v) is 6.69. The van der Waals surface area contributed by atoms with Crippen LogP contribution in [0.25, 0.3) is 0 Å². The molecule has 7 nitrogen and oxygen atoms in total. The van der Waals surface area contributed by atoms with Gasteiger partial charge in [-0.2, -0.15) is 4.31 Å². The minimum absolute atomic E-state index is 0.147. The lowest BCUT2D eigenvalue weighted by molar-refractivity contribution is 0.0704. The number of nitrogens with zero attached hydrogens (tertiary/aromatic N) is 2. The van der Waals surface area contributed by atoms with Crippen molar-refractivity contribution in [3.8, 4) is 0 Å². The molecule has 2 aromatic heterocycles. The van der Waals surface area contributed by atoms with Crippen LogP contribution in [-0.4, -0.2) is 36.6 Å². The van der Waals surface area contributed by atoms with E-state index in [0.717, 1.165) is 0 Å². The Morgan fingerprint density at radius 1 is 0.931 bits per heavy atom. The Kier molecular flexibility index (Phi) is 6.24. The van der Waals surface area contributed by atoms with E-state index in [1.54, 1.807) is 55.5 Å². The minimum atomic E-state index is -3.60. The molecule has 0 aliphatic rings. The fourth-order valence-corrected chi connectivity index (χ4v) is 4.14. The third-order valence-electron chi connectivity index (χ3n) is 4.65. The van der Waals surface area contributed by atoms with Crippen molar-refractivity contribution in [2.45, 2.75) is 37.9 Å². The molecular weight excluding hydrogens is 392 g/mol. The van der Waals surface area contributed by atoms with E-state index in [2.05, 4.69) is 0 Å². The molecule has 0 bridgehead atoms. The zero-order valence-electron chi connectivity index (χ0n) is 16.6. The summed E-state index contributed by atoms with van der Waals surface area (Å²) in [7, 11) is -2.07. The van der Waals surface area contributed by atoms with E-state index in [4.69, 9.17) is 8.83 Å². The average molecular weight is 416 g/mol. The van der Waals surface area contributed by atoms with E-state index < -0.39 is 10.0 Å². The van der Waals surface area contributed by atoms with Gasteiger partial charge in [-0.3, -0.25) is 4.79 Å². The molecule has 0 aliphatic carbocycles. The zero-order valence-corrected chi connectivity index (χ0v) is 17.4. The van der Waals surface area contributed by atoms with Crippen LogP contribution in [0.3, 0.4) is 0 Å². The second kappa shape index (κ2) is 8.67. The van der Waals surface area contributed by atoms with Crippen LogP contribution in [0, 0.1) is 0 Å². The predicted octanol–water partition coefficient (Wildman–Crippen LogP) is 3.74. The maximum atomic E-state index is 13.1. The Labute approximate surface area is 170 Å². The number of carbonyl (C=O) groups is 1. The standard InChI is InChI=1S/C21H24N2O5S/c1-16(2)22(3)29(25,26)20-10-8-17(9-11-20)21(24)23(14-18-6-4-12-27-18)15-19-7-5-13-28-19/h4-13,16H,14-15H2,1-3H3. The number of furan rings is 2. The predicted molar refractivity (Wildman–Crippen MR) is 108 cm³/mol. The van der Waals surface area contributed by atoms with Crippen molar-refractivity contribution in [2.24, 2.45) is 0 Å². The van der Waals surface area contributed by atoms with Gasteiger partial charge in [-0.15, -0.1) is 0 Å². The summed E-state index contributed by atoms with van der Waals surface area (Å²) >= 11 is 0. The van der Waals surface area contributed by atoms with Gasteiger partial charge in [0, 0.05) is 18.7 Å². The maximum absolute atomic E-state index is 13.1. The molecule has 0 saturated heterocycles. The Bertz CT molecular complexity index is 987. The van der Waals surface area contributed by atoms with E-state index in [1.807, 2.05) is 0 Å². The lowest BCUT2D eigenvalue weighted by atomic mass is 10.2. The highest BCUT2D eigenvalue weighted by Crippen LogP contribution is 2.20. The molecule has 0 atom stereocenters. The number of hydrogen-bond donors (Lipinski definition) is 0. The van der Waals surface area contributed by atoms with Gasteiger partial charge in [0.2, 0.25) is 10.0 Å². The van der Waals surface area contributed by atoms with Crippen molar-refractivity contribution >= 4 is 15.9 Å². The first-order chi connectivity index (χ1) is 13.8. The van der Waals surface area contributed by atoms with Crippen molar-refractivity contribution < 1.29 is 22.0 Å². The topological polar surface area (TPSA) is 84.0 Å². The molecule has 2 heterocycles. The maximum Gasteiger partial charge on any atom is 0.254 e. The molecule has 154 valence electrons. The highest BCUT2D eigenvalue weighted by molar-refractivity contribution is 7.89. The average Bonchev–Trinajstić information content (AvgIpc) is 3.40. The van der Waals surface area contributed by atoms with Gasteiger partial charge in [-0.05, 0) is 62.4 Å². The molecule has 0 saturated carbocycles. The third kappa shape index (κ3) is 4.78. The van der Waals surface area contributed by atoms with Crippen molar-refractivity contribution in [1.82, 2.24) is 9.21 Å². The second-order valence-electron chi connectivity index (χ2n) is 6.96. The number of hydrogen-bond acceptors (Lipinski definition) is 5. The van der Waals surface area contributed by atoms with Crippen LogP contribution in [0.2, 0.25) is 0 Å². The number of carbonyl (C=O) groups excluding carboxylic acids is 1. The van der Waals surface area contributed by atoms with E-state index in [-0.39, 0.29) is 29.9 Å². The normalized spacial score (nSPS) is 11.9. The molecule has 3 rings (SSSR count). The van der Waals surface area contributed by atoms with Crippen molar-refractivity contribution in [1.29, 1.82) is 0 Å². The summed E-state index contributed by atoms with van der Waals surface area (Å²) in [5, 5.41) is 0. The molecule has 0 unspecified atom stereocenters. The van der Waals surface area contributed by atoms with Crippen LogP contribution in [0.15, 0.2) is 74.8 Å². The quantitative estimate of drug-likeness (QED) is 0.558. The van der Waals surface area contributed by atoms with E-state index >= 15 is 0 Å². The molecule has 0 radical (unpaired) electrons. The van der Waals surface area contributed by atoms with Gasteiger partial charge in [-0.1, -0.05) is 0 Å². The summed E-state index contributed by atoms with van der Waals surface area (Å²) in [4.78, 5) is 14.8. The number of benzene rings is 1. The summed E-state index contributed by atoms with van der Waals surface area (Å²) in [6.07, 6.45) is 3.10. The Balaban J connectivity index is 1.83. The molecule has 3 aromatic rings. The molecule has 1 aromatic carbocycles. The number of rotatable bonds is 8. The van der Waals surface area contributed by atoms with E-state index in [9.17, 15) is 13.2 Å². The van der Waals surface area contributed by atoms with Crippen LogP contribution in [-0.2, 0) is 23.1 Å². The second-order valence-corrected chi connectivity index (χ2v) is 8.96. The lowest BCUT2D eigenvalue weighted by Gasteiger charge is -2.22. The molecule has 0 N–H and O–H groups in total. The first-order valence-corrected chi connectivity index (χ1v) is 10.6. The fourth-order valence-electron chi connectivity index (χ4n) is 2.78. The van der Waals surface area contributed by atoms with Gasteiger partial charge in [0.25, 0.3) is 5.91 Å². The van der Waals surface area contributed by atoms with Gasteiger partial charge < -0.3 is 13.7 Å². The number of amides is 1. The summed E-state index contributed by atoms with van der Waals surface area (Å²) < 4.78 is 37.3. The van der Waals surface area contributed by atoms with Gasteiger partial charge in [0.15, 0.2) is 0 Å². The Hall–Kier alpha value is -2.84. The fraction of sp³-hybridized carbons (Fsp3) is 0.286. The first kappa shape index (κ1) is 20.9. The SMILES string of the molecule is CC(C)N(C)S(=O)(=O)c1ccc(C(=O)N(Cc2ccco2)Cc2ccco2)cc1. The summed E-state index contributed by atoms with van der Waals surface area (Å²) in [6, 6.07) is 12.9. The summed E-state index contributed by atoms with van der Waals surface area (Å²) in [6.45, 7) is 4.14. The van der Waals surface area contributed by atoms with Gasteiger partial charge in [-0.25, -0.2) is 8.42 Å². The Morgan fingerprint density at radius 3 is 1.86 bits per heavy atom. The summed E-state index contributed by atoms with van der Waals surface area (Å²) in [5.74, 6) is 1.03. The van der Waals surface area contributed by atoms with Crippen molar-refractivity contribution in [3.63, 3.8) is 0 Å². The van der Waals surface area contributed by atoms with Crippen LogP contribution < -0.4 is 0 Å². The molecule has 0 spiro atoms. The van der Waals surface area contributed by atoms with Crippen molar-refractivity contribution in [2.75, 3.05) is 7.05 Å².